The highest BCUT2D eigenvalue weighted by atomic mass is 16.5. The highest BCUT2D eigenvalue weighted by Crippen LogP contribution is 2.17. The fourth-order valence-electron chi connectivity index (χ4n) is 2.27. The normalized spacial score (nSPS) is 10.8. The number of ether oxygens (including phenoxy) is 1. The summed E-state index contributed by atoms with van der Waals surface area (Å²) in [6.45, 7) is 0.743. The Morgan fingerprint density at radius 3 is 3.00 bits per heavy atom. The first kappa shape index (κ1) is 12.5. The van der Waals surface area contributed by atoms with Crippen LogP contribution in [0.25, 0.3) is 11.2 Å². The van der Waals surface area contributed by atoms with Crippen molar-refractivity contribution in [3.63, 3.8) is 0 Å². The molecular weight excluding hydrogens is 252 g/mol. The van der Waals surface area contributed by atoms with E-state index in [2.05, 4.69) is 16.0 Å². The van der Waals surface area contributed by atoms with Crippen LogP contribution in [-0.4, -0.2) is 21.6 Å². The molecule has 0 radical (unpaired) electrons. The Morgan fingerprint density at radius 2 is 2.15 bits per heavy atom. The van der Waals surface area contributed by atoms with E-state index in [1.54, 1.807) is 13.3 Å². The van der Waals surface area contributed by atoms with E-state index in [0.29, 0.717) is 5.95 Å². The van der Waals surface area contributed by atoms with Gasteiger partial charge in [0.25, 0.3) is 0 Å². The second-order valence-corrected chi connectivity index (χ2v) is 4.57. The third-order valence-electron chi connectivity index (χ3n) is 3.29. The van der Waals surface area contributed by atoms with E-state index in [-0.39, 0.29) is 0 Å². The number of imidazole rings is 1. The number of fused-ring (bicyclic) bond motifs is 1. The van der Waals surface area contributed by atoms with Crippen molar-refractivity contribution in [2.24, 2.45) is 0 Å². The molecule has 3 rings (SSSR count). The van der Waals surface area contributed by atoms with Crippen LogP contribution in [0.1, 0.15) is 5.56 Å². The summed E-state index contributed by atoms with van der Waals surface area (Å²) in [5, 5.41) is 0. The Labute approximate surface area is 117 Å². The summed E-state index contributed by atoms with van der Waals surface area (Å²) in [6.07, 6.45) is 2.61. The van der Waals surface area contributed by atoms with Gasteiger partial charge in [-0.15, -0.1) is 0 Å². The molecule has 0 spiro atoms. The lowest BCUT2D eigenvalue weighted by Gasteiger charge is -2.07. The summed E-state index contributed by atoms with van der Waals surface area (Å²) in [7, 11) is 1.67. The van der Waals surface area contributed by atoms with Gasteiger partial charge in [-0.1, -0.05) is 12.1 Å². The quantitative estimate of drug-likeness (QED) is 0.788. The minimum absolute atomic E-state index is 0.501. The minimum atomic E-state index is 0.501. The van der Waals surface area contributed by atoms with Crippen LogP contribution >= 0.6 is 0 Å². The van der Waals surface area contributed by atoms with Gasteiger partial charge in [0.1, 0.15) is 11.3 Å². The molecule has 0 saturated heterocycles. The fourth-order valence-corrected chi connectivity index (χ4v) is 2.27. The van der Waals surface area contributed by atoms with Crippen molar-refractivity contribution in [2.75, 3.05) is 12.8 Å². The molecule has 2 N–H and O–H groups in total. The highest BCUT2D eigenvalue weighted by molar-refractivity contribution is 5.73. The molecule has 5 heteroatoms. The van der Waals surface area contributed by atoms with E-state index in [9.17, 15) is 0 Å². The number of aryl methyl sites for hydroxylation is 2. The van der Waals surface area contributed by atoms with Crippen molar-refractivity contribution in [1.82, 2.24) is 14.5 Å². The number of anilines is 1. The van der Waals surface area contributed by atoms with Gasteiger partial charge in [0.05, 0.1) is 7.11 Å². The van der Waals surface area contributed by atoms with E-state index in [1.807, 2.05) is 34.9 Å². The number of methoxy groups -OCH3 is 1. The SMILES string of the molecule is COc1cccc(CCn2c(N)nc3cccnc32)c1. The highest BCUT2D eigenvalue weighted by Gasteiger charge is 2.08. The molecule has 0 unspecified atom stereocenters. The van der Waals surface area contributed by atoms with Gasteiger partial charge in [0, 0.05) is 12.7 Å². The number of hydrogen-bond donors (Lipinski definition) is 1. The van der Waals surface area contributed by atoms with Gasteiger partial charge < -0.3 is 10.5 Å². The Kier molecular flexibility index (Phi) is 3.25. The van der Waals surface area contributed by atoms with Crippen molar-refractivity contribution in [3.05, 3.63) is 48.2 Å². The number of rotatable bonds is 4. The third kappa shape index (κ3) is 2.30. The Hall–Kier alpha value is -2.56. The maximum Gasteiger partial charge on any atom is 0.202 e. The van der Waals surface area contributed by atoms with Crippen LogP contribution in [0.2, 0.25) is 0 Å². The van der Waals surface area contributed by atoms with Crippen molar-refractivity contribution in [1.29, 1.82) is 0 Å². The van der Waals surface area contributed by atoms with Gasteiger partial charge in [-0.3, -0.25) is 4.57 Å². The first-order chi connectivity index (χ1) is 9.78. The van der Waals surface area contributed by atoms with Gasteiger partial charge in [-0.2, -0.15) is 0 Å². The summed E-state index contributed by atoms with van der Waals surface area (Å²) in [4.78, 5) is 8.66. The van der Waals surface area contributed by atoms with Crippen molar-refractivity contribution >= 4 is 17.1 Å². The van der Waals surface area contributed by atoms with E-state index < -0.39 is 0 Å². The van der Waals surface area contributed by atoms with E-state index >= 15 is 0 Å². The van der Waals surface area contributed by atoms with Crippen molar-refractivity contribution in [3.8, 4) is 5.75 Å². The zero-order chi connectivity index (χ0) is 13.9. The standard InChI is InChI=1S/C15H16N4O/c1-20-12-5-2-4-11(10-12)7-9-19-14-13(18-15(19)16)6-3-8-17-14/h2-6,8,10H,7,9H2,1H3,(H2,16,18). The van der Waals surface area contributed by atoms with Crippen LogP contribution < -0.4 is 10.5 Å². The molecule has 102 valence electrons. The van der Waals surface area contributed by atoms with E-state index in [0.717, 1.165) is 29.9 Å². The number of nitrogens with zero attached hydrogens (tertiary/aromatic N) is 3. The zero-order valence-electron chi connectivity index (χ0n) is 11.3. The zero-order valence-corrected chi connectivity index (χ0v) is 11.3. The fraction of sp³-hybridized carbons (Fsp3) is 0.200. The monoisotopic (exact) mass is 268 g/mol. The molecule has 0 bridgehead atoms. The molecule has 0 aliphatic rings. The van der Waals surface area contributed by atoms with Crippen LogP contribution in [0.4, 0.5) is 5.95 Å². The molecule has 20 heavy (non-hydrogen) atoms. The van der Waals surface area contributed by atoms with Gasteiger partial charge >= 0.3 is 0 Å². The number of pyridine rings is 1. The molecule has 0 amide bonds. The van der Waals surface area contributed by atoms with E-state index in [1.165, 1.54) is 5.56 Å². The van der Waals surface area contributed by atoms with Crippen molar-refractivity contribution < 1.29 is 4.74 Å². The summed E-state index contributed by atoms with van der Waals surface area (Å²) >= 11 is 0. The van der Waals surface area contributed by atoms with Gasteiger partial charge in [-0.05, 0) is 36.2 Å². The average molecular weight is 268 g/mol. The molecule has 0 aliphatic carbocycles. The smallest absolute Gasteiger partial charge is 0.202 e. The lowest BCUT2D eigenvalue weighted by molar-refractivity contribution is 0.414. The molecular formula is C15H16N4O. The number of nitrogens with two attached hydrogens (primary N) is 1. The molecule has 2 heterocycles. The molecule has 5 nitrogen and oxygen atoms in total. The predicted molar refractivity (Wildman–Crippen MR) is 78.6 cm³/mol. The van der Waals surface area contributed by atoms with E-state index in [4.69, 9.17) is 10.5 Å². The molecule has 0 fully saturated rings. The molecule has 1 aromatic carbocycles. The van der Waals surface area contributed by atoms with Crippen molar-refractivity contribution in [2.45, 2.75) is 13.0 Å². The second-order valence-electron chi connectivity index (χ2n) is 4.57. The van der Waals surface area contributed by atoms with Crippen LogP contribution in [0.15, 0.2) is 42.6 Å². The number of benzene rings is 1. The van der Waals surface area contributed by atoms with Crippen LogP contribution in [0.3, 0.4) is 0 Å². The van der Waals surface area contributed by atoms with Gasteiger partial charge in [-0.25, -0.2) is 9.97 Å². The number of aromatic nitrogens is 3. The molecule has 0 saturated carbocycles. The molecule has 2 aromatic heterocycles. The summed E-state index contributed by atoms with van der Waals surface area (Å²) in [5.74, 6) is 1.37. The number of nitrogen functional groups attached to an aromatic ring is 1. The average Bonchev–Trinajstić information content (AvgIpc) is 2.81. The largest absolute Gasteiger partial charge is 0.497 e. The summed E-state index contributed by atoms with van der Waals surface area (Å²) in [6, 6.07) is 11.8. The molecule has 0 atom stereocenters. The first-order valence-electron chi connectivity index (χ1n) is 6.47. The lowest BCUT2D eigenvalue weighted by atomic mass is 10.1. The van der Waals surface area contributed by atoms with Crippen LogP contribution in [-0.2, 0) is 13.0 Å². The topological polar surface area (TPSA) is 66.0 Å². The number of hydrogen-bond acceptors (Lipinski definition) is 4. The Bertz CT molecular complexity index is 736. The second kappa shape index (κ2) is 5.21. The molecule has 0 aliphatic heterocycles. The van der Waals surface area contributed by atoms with Crippen LogP contribution in [0.5, 0.6) is 5.75 Å². The first-order valence-corrected chi connectivity index (χ1v) is 6.47. The Morgan fingerprint density at radius 1 is 1.25 bits per heavy atom. The molecule has 3 aromatic rings. The van der Waals surface area contributed by atoms with Gasteiger partial charge in [0.2, 0.25) is 5.95 Å². The lowest BCUT2D eigenvalue weighted by Crippen LogP contribution is -2.06. The van der Waals surface area contributed by atoms with Gasteiger partial charge in [0.15, 0.2) is 5.65 Å². The van der Waals surface area contributed by atoms with Crippen LogP contribution in [0, 0.1) is 0 Å². The minimum Gasteiger partial charge on any atom is -0.497 e. The predicted octanol–water partition coefficient (Wildman–Crippen LogP) is 2.26. The summed E-state index contributed by atoms with van der Waals surface area (Å²) in [5.41, 5.74) is 8.81. The maximum atomic E-state index is 5.96. The summed E-state index contributed by atoms with van der Waals surface area (Å²) < 4.78 is 7.17. The Balaban J connectivity index is 1.84. The maximum absolute atomic E-state index is 5.96. The third-order valence-corrected chi connectivity index (χ3v) is 3.29.